The first-order valence-corrected chi connectivity index (χ1v) is 11.7. The molecule has 0 amide bonds. The molecule has 20 heteroatoms. The second kappa shape index (κ2) is 10.5. The molecule has 20 nitrogen and oxygen atoms in total. The van der Waals surface area contributed by atoms with E-state index in [4.69, 9.17) is 19.7 Å². The molecule has 40 heavy (non-hydrogen) atoms. The molecule has 216 valence electrons. The molecule has 0 spiro atoms. The topological polar surface area (TPSA) is 307 Å². The average molecular weight is 568 g/mol. The summed E-state index contributed by atoms with van der Waals surface area (Å²) in [5, 5.41) is 57.3. The third-order valence-corrected chi connectivity index (χ3v) is 6.52. The third-order valence-electron chi connectivity index (χ3n) is 6.52. The van der Waals surface area contributed by atoms with Crippen molar-refractivity contribution in [1.82, 2.24) is 39.0 Å². The second-order valence-electron chi connectivity index (χ2n) is 8.97. The Hall–Kier alpha value is -4.02. The number of ether oxygens (including phenoxy) is 2. The van der Waals surface area contributed by atoms with Crippen LogP contribution in [-0.4, -0.2) is 120 Å². The first kappa shape index (κ1) is 27.5. The van der Waals surface area contributed by atoms with Gasteiger partial charge in [-0.1, -0.05) is 0 Å². The maximum absolute atomic E-state index is 11.6. The summed E-state index contributed by atoms with van der Waals surface area (Å²) >= 11 is 0. The van der Waals surface area contributed by atoms with Gasteiger partial charge in [0.25, 0.3) is 11.1 Å². The number of nitrogens with one attached hydrogen (secondary N) is 4. The first-order valence-electron chi connectivity index (χ1n) is 11.7. The highest BCUT2D eigenvalue weighted by atomic mass is 16.6. The molecule has 0 unspecified atom stereocenters. The predicted molar refractivity (Wildman–Crippen MR) is 128 cm³/mol. The molecule has 0 saturated carbocycles. The summed E-state index contributed by atoms with van der Waals surface area (Å²) < 4.78 is 13.1. The fourth-order valence-corrected chi connectivity index (χ4v) is 4.51. The van der Waals surface area contributed by atoms with Crippen LogP contribution in [0.4, 0.5) is 0 Å². The van der Waals surface area contributed by atoms with Crippen molar-refractivity contribution in [3.8, 4) is 0 Å². The zero-order valence-electron chi connectivity index (χ0n) is 20.1. The zero-order valence-corrected chi connectivity index (χ0v) is 20.1. The van der Waals surface area contributed by atoms with E-state index in [1.54, 1.807) is 0 Å². The van der Waals surface area contributed by atoms with Crippen molar-refractivity contribution < 1.29 is 40.1 Å². The largest absolute Gasteiger partial charge is 0.394 e. The molecule has 0 aliphatic carbocycles. The van der Waals surface area contributed by atoms with Gasteiger partial charge in [0.15, 0.2) is 23.5 Å². The van der Waals surface area contributed by atoms with Gasteiger partial charge in [-0.3, -0.25) is 38.7 Å². The molecule has 6 heterocycles. The molecular formula is C20H24N8O12. The highest BCUT2D eigenvalue weighted by Gasteiger charge is 2.45. The Morgan fingerprint density at radius 3 is 1.35 bits per heavy atom. The van der Waals surface area contributed by atoms with Crippen LogP contribution in [0.25, 0.3) is 22.3 Å². The Morgan fingerprint density at radius 1 is 0.650 bits per heavy atom. The number of imidazole rings is 2. The van der Waals surface area contributed by atoms with Crippen LogP contribution in [0, 0.1) is 0 Å². The lowest BCUT2D eigenvalue weighted by Gasteiger charge is -2.16. The number of aromatic amines is 4. The van der Waals surface area contributed by atoms with E-state index in [-0.39, 0.29) is 22.3 Å². The number of hydrogen-bond acceptors (Lipinski definition) is 14. The van der Waals surface area contributed by atoms with E-state index in [2.05, 4.69) is 19.9 Å². The van der Waals surface area contributed by atoms with Gasteiger partial charge >= 0.3 is 11.4 Å². The Bertz CT molecular complexity index is 1620. The molecule has 2 aliphatic heterocycles. The molecule has 8 atom stereocenters. The van der Waals surface area contributed by atoms with E-state index in [1.165, 1.54) is 21.8 Å². The molecule has 4 aromatic rings. The fraction of sp³-hybridized carbons (Fsp3) is 0.500. The molecule has 0 aromatic carbocycles. The highest BCUT2D eigenvalue weighted by Crippen LogP contribution is 2.31. The quantitative estimate of drug-likeness (QED) is 0.110. The standard InChI is InChI=1S/2C10H12N4O6/c2*15-1-3-5(16)6(17)9(20-3)14-2-11-4-7(14)12-10(19)13-8(4)18/h2*2-3,5-6,9,15-17H,1H2,(H2,12,13,18,19)/t2*3-,5-,6-,9-/m11/s1. The van der Waals surface area contributed by atoms with E-state index in [9.17, 15) is 39.6 Å². The maximum Gasteiger partial charge on any atom is 0.327 e. The Labute approximate surface area is 218 Å². The number of H-pyrrole nitrogens is 4. The Morgan fingerprint density at radius 2 is 1.02 bits per heavy atom. The summed E-state index contributed by atoms with van der Waals surface area (Å²) in [4.78, 5) is 62.1. The van der Waals surface area contributed by atoms with E-state index in [0.29, 0.717) is 0 Å². The molecule has 2 saturated heterocycles. The van der Waals surface area contributed by atoms with Crippen LogP contribution in [0.3, 0.4) is 0 Å². The second-order valence-corrected chi connectivity index (χ2v) is 8.97. The average Bonchev–Trinajstić information content (AvgIpc) is 3.66. The lowest BCUT2D eigenvalue weighted by molar-refractivity contribution is -0.0511. The van der Waals surface area contributed by atoms with E-state index >= 15 is 0 Å². The summed E-state index contributed by atoms with van der Waals surface area (Å²) in [7, 11) is 0. The summed E-state index contributed by atoms with van der Waals surface area (Å²) in [5.41, 5.74) is -2.72. The molecule has 0 radical (unpaired) electrons. The Kier molecular flexibility index (Phi) is 7.24. The van der Waals surface area contributed by atoms with Crippen molar-refractivity contribution in [3.05, 3.63) is 54.3 Å². The molecule has 4 aromatic heterocycles. The van der Waals surface area contributed by atoms with Crippen LogP contribution < -0.4 is 22.5 Å². The van der Waals surface area contributed by atoms with Crippen LogP contribution in [0.2, 0.25) is 0 Å². The number of nitrogens with zero attached hydrogens (tertiary/aromatic N) is 4. The number of aliphatic hydroxyl groups is 6. The fourth-order valence-electron chi connectivity index (χ4n) is 4.51. The van der Waals surface area contributed by atoms with Gasteiger partial charge in [0.2, 0.25) is 0 Å². The minimum absolute atomic E-state index is 0.0256. The van der Waals surface area contributed by atoms with Gasteiger partial charge in [0.1, 0.15) is 47.9 Å². The zero-order chi connectivity index (χ0) is 28.9. The van der Waals surface area contributed by atoms with Gasteiger partial charge in [-0.25, -0.2) is 19.6 Å². The summed E-state index contributed by atoms with van der Waals surface area (Å²) in [5.74, 6) is 0. The van der Waals surface area contributed by atoms with E-state index < -0.39 is 84.8 Å². The maximum atomic E-state index is 11.6. The van der Waals surface area contributed by atoms with E-state index in [1.807, 2.05) is 9.97 Å². The minimum atomic E-state index is -1.33. The van der Waals surface area contributed by atoms with Gasteiger partial charge in [0, 0.05) is 0 Å². The van der Waals surface area contributed by atoms with Crippen molar-refractivity contribution in [3.63, 3.8) is 0 Å². The summed E-state index contributed by atoms with van der Waals surface area (Å²) in [6, 6.07) is 0. The SMILES string of the molecule is O=c1[nH]c(=O)c2ncn([C@@H]3O[C@H](CO)[C@@H](O)[C@H]3O)c2[nH]1.O=c1[nH]c(=O)c2ncn([C@@H]3O[C@H](CO)[C@@H](O)[C@H]3O)c2[nH]1. The Balaban J connectivity index is 0.000000161. The van der Waals surface area contributed by atoms with Crippen LogP contribution in [0.5, 0.6) is 0 Å². The molecule has 6 rings (SSSR count). The first-order chi connectivity index (χ1) is 19.0. The monoisotopic (exact) mass is 568 g/mol. The number of aromatic nitrogens is 8. The molecule has 2 aliphatic rings. The van der Waals surface area contributed by atoms with Crippen LogP contribution in [0.1, 0.15) is 12.5 Å². The third kappa shape index (κ3) is 4.56. The summed E-state index contributed by atoms with van der Waals surface area (Å²) in [6.45, 7) is -0.948. The van der Waals surface area contributed by atoms with E-state index in [0.717, 1.165) is 0 Å². The van der Waals surface area contributed by atoms with Gasteiger partial charge in [-0.2, -0.15) is 0 Å². The van der Waals surface area contributed by atoms with Gasteiger partial charge in [-0.05, 0) is 0 Å². The van der Waals surface area contributed by atoms with Crippen molar-refractivity contribution in [2.24, 2.45) is 0 Å². The number of fused-ring (bicyclic) bond motifs is 2. The lowest BCUT2D eigenvalue weighted by Crippen LogP contribution is -2.33. The molecule has 2 fully saturated rings. The number of rotatable bonds is 4. The van der Waals surface area contributed by atoms with Crippen LogP contribution >= 0.6 is 0 Å². The van der Waals surface area contributed by atoms with Crippen molar-refractivity contribution in [1.29, 1.82) is 0 Å². The van der Waals surface area contributed by atoms with Crippen molar-refractivity contribution >= 4 is 22.3 Å². The van der Waals surface area contributed by atoms with Gasteiger partial charge in [0.05, 0.1) is 25.9 Å². The van der Waals surface area contributed by atoms with Gasteiger partial charge in [-0.15, -0.1) is 0 Å². The lowest BCUT2D eigenvalue weighted by atomic mass is 10.1. The van der Waals surface area contributed by atoms with Crippen molar-refractivity contribution in [2.75, 3.05) is 13.2 Å². The minimum Gasteiger partial charge on any atom is -0.394 e. The molecular weight excluding hydrogens is 544 g/mol. The summed E-state index contributed by atoms with van der Waals surface area (Å²) in [6.07, 6.45) is -6.85. The van der Waals surface area contributed by atoms with Crippen LogP contribution in [-0.2, 0) is 9.47 Å². The van der Waals surface area contributed by atoms with Crippen molar-refractivity contribution in [2.45, 2.75) is 49.1 Å². The molecule has 0 bridgehead atoms. The number of aliphatic hydroxyl groups excluding tert-OH is 6. The smallest absolute Gasteiger partial charge is 0.327 e. The normalized spacial score (nSPS) is 30.1. The van der Waals surface area contributed by atoms with Crippen LogP contribution in [0.15, 0.2) is 31.8 Å². The predicted octanol–water partition coefficient (Wildman–Crippen LogP) is -5.95. The molecule has 10 N–H and O–H groups in total. The highest BCUT2D eigenvalue weighted by molar-refractivity contribution is 5.69. The van der Waals surface area contributed by atoms with Gasteiger partial charge < -0.3 is 40.1 Å². The number of hydrogen-bond donors (Lipinski definition) is 10.